The van der Waals surface area contributed by atoms with Gasteiger partial charge in [-0.15, -0.1) is 0 Å². The van der Waals surface area contributed by atoms with Crippen LogP contribution in [-0.4, -0.2) is 25.5 Å². The molecular formula is C21H24N2O3. The molecule has 0 atom stereocenters. The van der Waals surface area contributed by atoms with Gasteiger partial charge in [0, 0.05) is 12.2 Å². The highest BCUT2D eigenvalue weighted by atomic mass is 16.5. The van der Waals surface area contributed by atoms with Gasteiger partial charge in [-0.05, 0) is 56.0 Å². The van der Waals surface area contributed by atoms with Crippen LogP contribution in [-0.2, 0) is 16.0 Å². The molecule has 0 radical (unpaired) electrons. The Hall–Kier alpha value is -2.82. The zero-order chi connectivity index (χ0) is 18.6. The Labute approximate surface area is 153 Å². The Kier molecular flexibility index (Phi) is 5.26. The summed E-state index contributed by atoms with van der Waals surface area (Å²) in [6.07, 6.45) is 1.88. The summed E-state index contributed by atoms with van der Waals surface area (Å²) >= 11 is 0. The predicted octanol–water partition coefficient (Wildman–Crippen LogP) is 3.08. The number of anilines is 1. The molecule has 0 unspecified atom stereocenters. The molecule has 0 bridgehead atoms. The largest absolute Gasteiger partial charge is 0.497 e. The van der Waals surface area contributed by atoms with Crippen LogP contribution in [0.4, 0.5) is 5.69 Å². The first-order valence-corrected chi connectivity index (χ1v) is 8.83. The summed E-state index contributed by atoms with van der Waals surface area (Å²) in [7, 11) is 1.63. The van der Waals surface area contributed by atoms with Crippen LogP contribution in [0.2, 0.25) is 0 Å². The van der Waals surface area contributed by atoms with Crippen LogP contribution in [0.5, 0.6) is 5.75 Å². The highest BCUT2D eigenvalue weighted by molar-refractivity contribution is 6.13. The second-order valence-electron chi connectivity index (χ2n) is 6.76. The zero-order valence-corrected chi connectivity index (χ0v) is 15.2. The highest BCUT2D eigenvalue weighted by Gasteiger charge is 2.56. The number of nitrogens with one attached hydrogen (secondary N) is 2. The Balaban J connectivity index is 1.53. The molecule has 3 rings (SSSR count). The number of carbonyl (C=O) groups excluding carboxylic acids is 2. The van der Waals surface area contributed by atoms with Crippen molar-refractivity contribution in [3.05, 3.63) is 59.7 Å². The third kappa shape index (κ3) is 4.04. The minimum atomic E-state index is -0.917. The van der Waals surface area contributed by atoms with Crippen LogP contribution in [0, 0.1) is 12.3 Å². The van der Waals surface area contributed by atoms with Crippen molar-refractivity contribution in [2.75, 3.05) is 19.0 Å². The number of amides is 2. The summed E-state index contributed by atoms with van der Waals surface area (Å²) in [6.45, 7) is 2.48. The molecule has 2 aromatic carbocycles. The molecule has 2 aromatic rings. The smallest absolute Gasteiger partial charge is 0.240 e. The van der Waals surface area contributed by atoms with Gasteiger partial charge in [0.15, 0.2) is 0 Å². The van der Waals surface area contributed by atoms with Gasteiger partial charge >= 0.3 is 0 Å². The quantitative estimate of drug-likeness (QED) is 0.753. The van der Waals surface area contributed by atoms with E-state index >= 15 is 0 Å². The summed E-state index contributed by atoms with van der Waals surface area (Å²) in [5.74, 6) is 0.384. The number of ether oxygens (including phenoxy) is 1. The molecule has 2 amide bonds. The van der Waals surface area contributed by atoms with Crippen molar-refractivity contribution in [3.63, 3.8) is 0 Å². The minimum Gasteiger partial charge on any atom is -0.497 e. The molecule has 26 heavy (non-hydrogen) atoms. The monoisotopic (exact) mass is 352 g/mol. The minimum absolute atomic E-state index is 0.190. The number of aryl methyl sites for hydroxylation is 1. The Bertz CT molecular complexity index is 795. The molecule has 136 valence electrons. The molecule has 5 heteroatoms. The van der Waals surface area contributed by atoms with E-state index in [0.717, 1.165) is 22.6 Å². The molecule has 0 spiro atoms. The molecule has 0 saturated heterocycles. The van der Waals surface area contributed by atoms with Gasteiger partial charge in [-0.1, -0.05) is 29.8 Å². The number of carbonyl (C=O) groups is 2. The molecular weight excluding hydrogens is 328 g/mol. The van der Waals surface area contributed by atoms with Gasteiger partial charge in [-0.2, -0.15) is 0 Å². The maximum atomic E-state index is 12.6. The zero-order valence-electron chi connectivity index (χ0n) is 15.2. The normalized spacial score (nSPS) is 14.4. The summed E-state index contributed by atoms with van der Waals surface area (Å²) in [5.41, 5.74) is 2.01. The van der Waals surface area contributed by atoms with E-state index in [0.29, 0.717) is 25.8 Å². The molecule has 2 N–H and O–H groups in total. The van der Waals surface area contributed by atoms with Crippen molar-refractivity contribution in [3.8, 4) is 5.75 Å². The number of rotatable bonds is 7. The first kappa shape index (κ1) is 18.0. The Morgan fingerprint density at radius 3 is 2.46 bits per heavy atom. The third-order valence-electron chi connectivity index (χ3n) is 4.76. The lowest BCUT2D eigenvalue weighted by molar-refractivity contribution is -0.134. The van der Waals surface area contributed by atoms with Crippen molar-refractivity contribution < 1.29 is 14.3 Å². The average molecular weight is 352 g/mol. The maximum Gasteiger partial charge on any atom is 0.240 e. The van der Waals surface area contributed by atoms with Gasteiger partial charge in [-0.3, -0.25) is 9.59 Å². The van der Waals surface area contributed by atoms with Gasteiger partial charge in [0.2, 0.25) is 11.8 Å². The fraction of sp³-hybridized carbons (Fsp3) is 0.333. The van der Waals surface area contributed by atoms with Crippen molar-refractivity contribution in [2.45, 2.75) is 26.2 Å². The number of methoxy groups -OCH3 is 1. The van der Waals surface area contributed by atoms with E-state index in [-0.39, 0.29) is 11.8 Å². The highest BCUT2D eigenvalue weighted by Crippen LogP contribution is 2.46. The summed E-state index contributed by atoms with van der Waals surface area (Å²) in [5, 5.41) is 5.77. The maximum absolute atomic E-state index is 12.6. The van der Waals surface area contributed by atoms with Gasteiger partial charge in [0.25, 0.3) is 0 Å². The fourth-order valence-corrected chi connectivity index (χ4v) is 2.89. The van der Waals surface area contributed by atoms with E-state index in [1.165, 1.54) is 0 Å². The third-order valence-corrected chi connectivity index (χ3v) is 4.76. The second-order valence-corrected chi connectivity index (χ2v) is 6.76. The van der Waals surface area contributed by atoms with E-state index in [4.69, 9.17) is 4.74 Å². The summed E-state index contributed by atoms with van der Waals surface area (Å²) in [6, 6.07) is 15.3. The average Bonchev–Trinajstić information content (AvgIpc) is 3.46. The lowest BCUT2D eigenvalue weighted by Gasteiger charge is -2.15. The van der Waals surface area contributed by atoms with Gasteiger partial charge < -0.3 is 15.4 Å². The van der Waals surface area contributed by atoms with Crippen molar-refractivity contribution in [1.82, 2.24) is 5.32 Å². The van der Waals surface area contributed by atoms with Crippen LogP contribution in [0.1, 0.15) is 24.0 Å². The molecule has 0 aromatic heterocycles. The van der Waals surface area contributed by atoms with Gasteiger partial charge in [-0.25, -0.2) is 0 Å². The van der Waals surface area contributed by atoms with E-state index in [1.807, 2.05) is 55.5 Å². The topological polar surface area (TPSA) is 67.4 Å². The molecule has 1 aliphatic carbocycles. The summed E-state index contributed by atoms with van der Waals surface area (Å²) < 4.78 is 5.20. The van der Waals surface area contributed by atoms with E-state index in [2.05, 4.69) is 10.6 Å². The van der Waals surface area contributed by atoms with Gasteiger partial charge in [0.05, 0.1) is 7.11 Å². The first-order valence-electron chi connectivity index (χ1n) is 8.83. The second kappa shape index (κ2) is 7.60. The lowest BCUT2D eigenvalue weighted by atomic mass is 10.0. The van der Waals surface area contributed by atoms with Crippen molar-refractivity contribution in [2.24, 2.45) is 5.41 Å². The molecule has 1 aliphatic rings. The molecule has 5 nitrogen and oxygen atoms in total. The van der Waals surface area contributed by atoms with Crippen LogP contribution >= 0.6 is 0 Å². The number of benzene rings is 2. The molecule has 1 fully saturated rings. The Morgan fingerprint density at radius 2 is 1.81 bits per heavy atom. The van der Waals surface area contributed by atoms with Crippen molar-refractivity contribution >= 4 is 17.5 Å². The molecule has 0 heterocycles. The van der Waals surface area contributed by atoms with Crippen LogP contribution < -0.4 is 15.4 Å². The molecule has 0 aliphatic heterocycles. The van der Waals surface area contributed by atoms with Crippen molar-refractivity contribution in [1.29, 1.82) is 0 Å². The fourth-order valence-electron chi connectivity index (χ4n) is 2.89. The number of hydrogen-bond donors (Lipinski definition) is 2. The van der Waals surface area contributed by atoms with E-state index in [9.17, 15) is 9.59 Å². The van der Waals surface area contributed by atoms with Gasteiger partial charge in [0.1, 0.15) is 11.2 Å². The summed E-state index contributed by atoms with van der Waals surface area (Å²) in [4.78, 5) is 25.1. The van der Waals surface area contributed by atoms with Crippen LogP contribution in [0.3, 0.4) is 0 Å². The van der Waals surface area contributed by atoms with E-state index in [1.54, 1.807) is 7.11 Å². The Morgan fingerprint density at radius 1 is 1.08 bits per heavy atom. The SMILES string of the molecule is COc1cccc(CCNC(=O)C2(C(=O)Nc3ccc(C)cc3)CC2)c1. The van der Waals surface area contributed by atoms with Crippen LogP contribution in [0.15, 0.2) is 48.5 Å². The predicted molar refractivity (Wildman–Crippen MR) is 101 cm³/mol. The van der Waals surface area contributed by atoms with Crippen LogP contribution in [0.25, 0.3) is 0 Å². The molecule has 1 saturated carbocycles. The lowest BCUT2D eigenvalue weighted by Crippen LogP contribution is -2.40. The van der Waals surface area contributed by atoms with E-state index < -0.39 is 5.41 Å². The first-order chi connectivity index (χ1) is 12.5. The number of hydrogen-bond acceptors (Lipinski definition) is 3. The standard InChI is InChI=1S/C21H24N2O3/c1-15-6-8-17(9-7-15)23-20(25)21(11-12-21)19(24)22-13-10-16-4-3-5-18(14-16)26-2/h3-9,14H,10-13H2,1-2H3,(H,22,24)(H,23,25).